The van der Waals surface area contributed by atoms with Crippen molar-refractivity contribution in [2.75, 3.05) is 19.6 Å². The van der Waals surface area contributed by atoms with Gasteiger partial charge in [0.2, 0.25) is 0 Å². The molecule has 5 N–H and O–H groups in total. The van der Waals surface area contributed by atoms with E-state index < -0.39 is 22.8 Å². The van der Waals surface area contributed by atoms with Crippen molar-refractivity contribution < 1.29 is 29.0 Å². The number of esters is 1. The topological polar surface area (TPSA) is 148 Å². The largest absolute Gasteiger partial charge is 0.481 e. The number of fused-ring (bicyclic) bond motifs is 7. The van der Waals surface area contributed by atoms with Gasteiger partial charge in [-0.05, 0) is 153 Å². The van der Waals surface area contributed by atoms with Gasteiger partial charge in [0.15, 0.2) is 5.78 Å². The van der Waals surface area contributed by atoms with Crippen LogP contribution in [0.15, 0.2) is 35.4 Å². The Bertz CT molecular complexity index is 1930. The maximum atomic E-state index is 14.2. The molecule has 5 fully saturated rings. The highest BCUT2D eigenvalue weighted by Gasteiger charge is 2.70. The number of ketones is 1. The van der Waals surface area contributed by atoms with Crippen molar-refractivity contribution in [2.45, 2.75) is 152 Å². The van der Waals surface area contributed by atoms with Gasteiger partial charge in [0, 0.05) is 40.9 Å². The molecule has 1 unspecified atom stereocenters. The number of nitrogens with one attached hydrogen (secondary N) is 2. The zero-order chi connectivity index (χ0) is 44.0. The first-order valence-corrected chi connectivity index (χ1v) is 23.5. The van der Waals surface area contributed by atoms with E-state index in [1.807, 2.05) is 20.8 Å². The number of allylic oxidation sites excluding steroid dienone is 2. The van der Waals surface area contributed by atoms with Crippen LogP contribution in [-0.4, -0.2) is 60.0 Å². The number of carbonyl (C=O) groups is 4. The highest BCUT2D eigenvalue weighted by atomic mass is 35.5. The van der Waals surface area contributed by atoms with Crippen LogP contribution in [0, 0.1) is 68.0 Å². The first-order chi connectivity index (χ1) is 27.9. The van der Waals surface area contributed by atoms with Crippen molar-refractivity contribution in [2.24, 2.45) is 73.7 Å². The van der Waals surface area contributed by atoms with Gasteiger partial charge in [-0.25, -0.2) is 0 Å². The molecule has 60 heavy (non-hydrogen) atoms. The van der Waals surface area contributed by atoms with Crippen LogP contribution in [0.1, 0.15) is 150 Å². The molecule has 0 heterocycles. The molecule has 10 heteroatoms. The number of benzene rings is 1. The Morgan fingerprint density at radius 2 is 1.58 bits per heavy atom. The number of halogens is 1. The minimum atomic E-state index is -0.829. The smallest absolute Gasteiger partial charge is 0.309 e. The lowest BCUT2D eigenvalue weighted by atomic mass is 9.33. The van der Waals surface area contributed by atoms with Crippen LogP contribution in [0.5, 0.6) is 0 Å². The number of amides is 1. The monoisotopic (exact) mass is 848 g/mol. The van der Waals surface area contributed by atoms with E-state index in [-0.39, 0.29) is 63.4 Å². The second-order valence-corrected chi connectivity index (χ2v) is 23.4. The van der Waals surface area contributed by atoms with E-state index in [9.17, 15) is 24.3 Å². The summed E-state index contributed by atoms with van der Waals surface area (Å²) in [5.74, 6) is -0.331. The number of rotatable bonds is 12. The van der Waals surface area contributed by atoms with Gasteiger partial charge in [-0.15, -0.1) is 0 Å². The zero-order valence-corrected chi connectivity index (χ0v) is 39.0. The van der Waals surface area contributed by atoms with Crippen molar-refractivity contribution in [1.82, 2.24) is 10.6 Å². The summed E-state index contributed by atoms with van der Waals surface area (Å²) in [6.45, 7) is 24.1. The molecule has 6 aliphatic rings. The minimum Gasteiger partial charge on any atom is -0.481 e. The Labute approximate surface area is 364 Å². The Hall–Kier alpha value is -2.75. The van der Waals surface area contributed by atoms with Gasteiger partial charge in [0.25, 0.3) is 5.91 Å². The summed E-state index contributed by atoms with van der Waals surface area (Å²) in [7, 11) is 0. The predicted octanol–water partition coefficient (Wildman–Crippen LogP) is 9.41. The highest BCUT2D eigenvalue weighted by Crippen LogP contribution is 2.77. The normalized spacial score (nSPS) is 38.7. The van der Waals surface area contributed by atoms with E-state index in [0.29, 0.717) is 53.5 Å². The molecule has 0 radical (unpaired) electrons. The molecule has 0 aromatic heterocycles. The van der Waals surface area contributed by atoms with Crippen molar-refractivity contribution in [3.8, 4) is 0 Å². The third-order valence-corrected chi connectivity index (χ3v) is 19.1. The average molecular weight is 849 g/mol. The third-order valence-electron chi connectivity index (χ3n) is 18.9. The number of hydrogen-bond acceptors (Lipinski definition) is 7. The summed E-state index contributed by atoms with van der Waals surface area (Å²) in [6, 6.07) is 6.87. The lowest BCUT2D eigenvalue weighted by molar-refractivity contribution is -0.236. The number of hydrogen-bond donors (Lipinski definition) is 4. The Balaban J connectivity index is 1.07. The fourth-order valence-electron chi connectivity index (χ4n) is 15.0. The molecule has 1 aromatic carbocycles. The molecule has 332 valence electrons. The first-order valence-electron chi connectivity index (χ1n) is 23.1. The van der Waals surface area contributed by atoms with Crippen molar-refractivity contribution in [1.29, 1.82) is 0 Å². The molecule has 6 aliphatic carbocycles. The van der Waals surface area contributed by atoms with Crippen LogP contribution < -0.4 is 16.4 Å². The summed E-state index contributed by atoms with van der Waals surface area (Å²) >= 11 is 6.05. The number of aliphatic carboxylic acids is 1. The van der Waals surface area contributed by atoms with Gasteiger partial charge in [-0.1, -0.05) is 79.5 Å². The Kier molecular flexibility index (Phi) is 11.7. The number of carbonyl (C=O) groups excluding carboxylic acids is 3. The lowest BCUT2D eigenvalue weighted by Crippen LogP contribution is -2.66. The van der Waals surface area contributed by atoms with Crippen molar-refractivity contribution >= 4 is 35.2 Å². The summed E-state index contributed by atoms with van der Waals surface area (Å²) in [5, 5.41) is 17.1. The molecule has 11 atom stereocenters. The van der Waals surface area contributed by atoms with Gasteiger partial charge < -0.3 is 26.2 Å². The lowest BCUT2D eigenvalue weighted by Gasteiger charge is -2.72. The number of carboxylic acid groups (broad SMARTS) is 1. The molecule has 0 bridgehead atoms. The number of ether oxygens (including phenoxy) is 1. The number of carboxylic acids is 1. The maximum absolute atomic E-state index is 14.2. The first kappa shape index (κ1) is 45.3. The standard InChI is InChI=1S/C50H74ClN3O6/c1-29(2)39-35(55)26-50(23-24-53-28-46(7,27-52)54-41(56)30-11-13-31(51)14-12-30)22-21-48(9)32(40(39)50)15-16-37-47(8)19-18-38(45(5,6)36(47)17-20-49(37,48)10)60-43(59)34-25-33(42(57)58)44(34,3)4/h11-14,29,32-34,36-38,53H,15-28,52H2,1-10H3,(H,54,56)(H,57,58)/t32-,33+,34-,36+,37-,38+,46?,47+,48-,49-,50-/m1/s1. The van der Waals surface area contributed by atoms with Gasteiger partial charge in [-0.2, -0.15) is 0 Å². The average Bonchev–Trinajstić information content (AvgIpc) is 3.46. The molecular formula is C50H74ClN3O6. The fraction of sp³-hybridized carbons (Fsp3) is 0.760. The number of nitrogens with two attached hydrogens (primary N) is 1. The molecule has 0 spiro atoms. The van der Waals surface area contributed by atoms with E-state index in [2.05, 4.69) is 59.1 Å². The Morgan fingerprint density at radius 1 is 0.900 bits per heavy atom. The minimum absolute atomic E-state index is 0.0505. The van der Waals surface area contributed by atoms with Crippen LogP contribution in [0.4, 0.5) is 0 Å². The molecular weight excluding hydrogens is 774 g/mol. The molecule has 7 rings (SSSR count). The fourth-order valence-corrected chi connectivity index (χ4v) is 15.1. The van der Waals surface area contributed by atoms with E-state index in [4.69, 9.17) is 22.1 Å². The second kappa shape index (κ2) is 15.5. The SMILES string of the molecule is CC(C)C1=C2[C@H]3CC[C@@H]4[C@@]5(C)CC[C@H](OC(=O)[C@H]6C[C@@H](C(=O)O)C6(C)C)C(C)(C)[C@@H]5CC[C@@]4(C)[C@]3(C)CC[C@@]2(CCNCC(C)(CN)NC(=O)c2ccc(Cl)cc2)CC1=O. The van der Waals surface area contributed by atoms with Crippen molar-refractivity contribution in [3.63, 3.8) is 0 Å². The van der Waals surface area contributed by atoms with E-state index in [1.165, 1.54) is 5.57 Å². The second-order valence-electron chi connectivity index (χ2n) is 22.9. The zero-order valence-electron chi connectivity index (χ0n) is 38.2. The molecule has 1 aromatic rings. The van der Waals surface area contributed by atoms with Gasteiger partial charge in [-0.3, -0.25) is 19.2 Å². The van der Waals surface area contributed by atoms with Crippen LogP contribution in [0.2, 0.25) is 5.02 Å². The summed E-state index contributed by atoms with van der Waals surface area (Å²) in [5.41, 5.74) is 7.99. The van der Waals surface area contributed by atoms with E-state index in [1.54, 1.807) is 24.3 Å². The third kappa shape index (κ3) is 7.01. The Morgan fingerprint density at radius 3 is 2.20 bits per heavy atom. The van der Waals surface area contributed by atoms with Crippen LogP contribution >= 0.6 is 11.6 Å². The van der Waals surface area contributed by atoms with Crippen LogP contribution in [-0.2, 0) is 19.1 Å². The van der Waals surface area contributed by atoms with Crippen molar-refractivity contribution in [3.05, 3.63) is 46.0 Å². The summed E-state index contributed by atoms with van der Waals surface area (Å²) < 4.78 is 6.44. The van der Waals surface area contributed by atoms with Gasteiger partial charge in [0.1, 0.15) is 6.10 Å². The maximum Gasteiger partial charge on any atom is 0.309 e. The van der Waals surface area contributed by atoms with Crippen LogP contribution in [0.3, 0.4) is 0 Å². The van der Waals surface area contributed by atoms with Gasteiger partial charge >= 0.3 is 11.9 Å². The van der Waals surface area contributed by atoms with E-state index >= 15 is 0 Å². The number of Topliss-reactive ketones (excluding diaryl/α,β-unsaturated/α-hetero) is 1. The molecule has 0 saturated heterocycles. The molecule has 9 nitrogen and oxygen atoms in total. The summed E-state index contributed by atoms with van der Waals surface area (Å²) in [4.78, 5) is 52.8. The summed E-state index contributed by atoms with van der Waals surface area (Å²) in [6.07, 6.45) is 10.0. The predicted molar refractivity (Wildman–Crippen MR) is 236 cm³/mol. The van der Waals surface area contributed by atoms with Crippen LogP contribution in [0.25, 0.3) is 0 Å². The van der Waals surface area contributed by atoms with E-state index in [0.717, 1.165) is 69.9 Å². The molecule has 0 aliphatic heterocycles. The molecule has 1 amide bonds. The van der Waals surface area contributed by atoms with Gasteiger partial charge in [0.05, 0.1) is 17.4 Å². The highest BCUT2D eigenvalue weighted by molar-refractivity contribution is 6.30. The quantitative estimate of drug-likeness (QED) is 0.120. The molecule has 5 saturated carbocycles.